The molecule has 0 spiro atoms. The molecule has 0 aliphatic carbocycles. The van der Waals surface area contributed by atoms with Crippen LogP contribution in [-0.2, 0) is 28.5 Å². The van der Waals surface area contributed by atoms with E-state index in [0.717, 1.165) is 0 Å². The molecule has 0 aromatic carbocycles. The van der Waals surface area contributed by atoms with Crippen molar-refractivity contribution in [2.24, 2.45) is 11.8 Å². The van der Waals surface area contributed by atoms with Crippen molar-refractivity contribution >= 4 is 5.78 Å². The van der Waals surface area contributed by atoms with E-state index < -0.39 is 55.1 Å². The van der Waals surface area contributed by atoms with E-state index in [-0.39, 0.29) is 11.7 Å². The van der Waals surface area contributed by atoms with Crippen LogP contribution in [-0.4, -0.2) is 79.4 Å². The fraction of sp³-hybridized carbons (Fsp3) is 0.944. The lowest BCUT2D eigenvalue weighted by molar-refractivity contribution is -0.335. The zero-order valence-corrected chi connectivity index (χ0v) is 16.3. The number of hydrogen-bond acceptors (Lipinski definition) is 8. The SMILES string of the molecule is CCC1OC(OC)C(C)C(O)C1OC1OC(C(C)=O)C(OC)C(O)C1C. The average Bonchev–Trinajstić information content (AvgIpc) is 2.62. The molecule has 0 aromatic rings. The van der Waals surface area contributed by atoms with Crippen molar-refractivity contribution in [3.63, 3.8) is 0 Å². The number of aliphatic hydroxyl groups excluding tert-OH is 2. The maximum atomic E-state index is 11.9. The molecule has 2 N–H and O–H groups in total. The maximum Gasteiger partial charge on any atom is 0.164 e. The van der Waals surface area contributed by atoms with Gasteiger partial charge in [0.25, 0.3) is 0 Å². The highest BCUT2D eigenvalue weighted by Gasteiger charge is 2.50. The smallest absolute Gasteiger partial charge is 0.164 e. The molecule has 2 aliphatic rings. The van der Waals surface area contributed by atoms with Crippen molar-refractivity contribution in [2.75, 3.05) is 14.2 Å². The number of Topliss-reactive ketones (excluding diaryl/α,β-unsaturated/α-hetero) is 1. The van der Waals surface area contributed by atoms with Crippen LogP contribution in [0.1, 0.15) is 34.1 Å². The van der Waals surface area contributed by atoms with Gasteiger partial charge in [0, 0.05) is 26.1 Å². The molecule has 10 atom stereocenters. The number of ketones is 1. The summed E-state index contributed by atoms with van der Waals surface area (Å²) >= 11 is 0. The van der Waals surface area contributed by atoms with Gasteiger partial charge in [0.1, 0.15) is 18.3 Å². The molecule has 2 aliphatic heterocycles. The second-order valence-electron chi connectivity index (χ2n) is 7.22. The van der Waals surface area contributed by atoms with Gasteiger partial charge in [-0.1, -0.05) is 20.8 Å². The highest BCUT2D eigenvalue weighted by atomic mass is 16.7. The Labute approximate surface area is 154 Å². The first-order valence-electron chi connectivity index (χ1n) is 9.15. The number of ether oxygens (including phenoxy) is 5. The minimum Gasteiger partial charge on any atom is -0.390 e. The normalized spacial score (nSPS) is 46.9. The van der Waals surface area contributed by atoms with Gasteiger partial charge < -0.3 is 33.9 Å². The maximum absolute atomic E-state index is 11.9. The quantitative estimate of drug-likeness (QED) is 0.690. The number of carbonyl (C=O) groups is 1. The van der Waals surface area contributed by atoms with Crippen molar-refractivity contribution in [1.82, 2.24) is 0 Å². The standard InChI is InChI=1S/C18H32O8/c1-7-11-15(12(20)8(2)17(23-6)24-11)26-18-9(3)13(21)16(22-5)14(25-18)10(4)19/h8-9,11-18,20-21H,7H2,1-6H3. The van der Waals surface area contributed by atoms with Crippen molar-refractivity contribution in [1.29, 1.82) is 0 Å². The summed E-state index contributed by atoms with van der Waals surface area (Å²) in [6.07, 6.45) is -5.28. The van der Waals surface area contributed by atoms with Gasteiger partial charge in [-0.3, -0.25) is 4.79 Å². The third kappa shape index (κ3) is 4.11. The molecule has 0 aromatic heterocycles. The summed E-state index contributed by atoms with van der Waals surface area (Å²) in [6, 6.07) is 0. The van der Waals surface area contributed by atoms with Crippen molar-refractivity contribution in [3.05, 3.63) is 0 Å². The monoisotopic (exact) mass is 376 g/mol. The van der Waals surface area contributed by atoms with Gasteiger partial charge in [-0.05, 0) is 13.3 Å². The molecule has 2 heterocycles. The zero-order chi connectivity index (χ0) is 19.6. The van der Waals surface area contributed by atoms with Crippen LogP contribution in [0.25, 0.3) is 0 Å². The van der Waals surface area contributed by atoms with Crippen LogP contribution >= 0.6 is 0 Å². The number of carbonyl (C=O) groups excluding carboxylic acids is 1. The van der Waals surface area contributed by atoms with E-state index in [0.29, 0.717) is 6.42 Å². The lowest BCUT2D eigenvalue weighted by atomic mass is 9.89. The molecule has 8 heteroatoms. The van der Waals surface area contributed by atoms with Crippen LogP contribution in [0.2, 0.25) is 0 Å². The first-order chi connectivity index (χ1) is 12.3. The predicted octanol–water partition coefficient (Wildman–Crippen LogP) is 0.476. The molecule has 2 rings (SSSR count). The summed E-state index contributed by atoms with van der Waals surface area (Å²) in [7, 11) is 2.96. The molecular formula is C18H32O8. The van der Waals surface area contributed by atoms with Crippen molar-refractivity contribution < 1.29 is 38.7 Å². The Bertz CT molecular complexity index is 470. The van der Waals surface area contributed by atoms with Gasteiger partial charge in [0.15, 0.2) is 18.4 Å². The van der Waals surface area contributed by atoms with Crippen LogP contribution in [0.15, 0.2) is 0 Å². The third-order valence-corrected chi connectivity index (χ3v) is 5.46. The van der Waals surface area contributed by atoms with Gasteiger partial charge in [0.2, 0.25) is 0 Å². The number of rotatable bonds is 6. The summed E-state index contributed by atoms with van der Waals surface area (Å²) in [5.74, 6) is -1.00. The molecule has 8 nitrogen and oxygen atoms in total. The molecule has 0 amide bonds. The van der Waals surface area contributed by atoms with Crippen LogP contribution in [0.3, 0.4) is 0 Å². The van der Waals surface area contributed by atoms with E-state index in [4.69, 9.17) is 23.7 Å². The molecule has 0 saturated carbocycles. The largest absolute Gasteiger partial charge is 0.390 e. The summed E-state index contributed by atoms with van der Waals surface area (Å²) in [5, 5.41) is 21.2. The van der Waals surface area contributed by atoms with E-state index >= 15 is 0 Å². The first kappa shape index (κ1) is 21.7. The van der Waals surface area contributed by atoms with E-state index in [1.807, 2.05) is 13.8 Å². The van der Waals surface area contributed by atoms with E-state index in [2.05, 4.69) is 0 Å². The Hall–Kier alpha value is -0.610. The highest BCUT2D eigenvalue weighted by Crippen LogP contribution is 2.35. The Kier molecular flexibility index (Phi) is 7.55. The second-order valence-corrected chi connectivity index (χ2v) is 7.22. The van der Waals surface area contributed by atoms with Crippen LogP contribution < -0.4 is 0 Å². The average molecular weight is 376 g/mol. The Morgan fingerprint density at radius 1 is 0.962 bits per heavy atom. The molecule has 10 unspecified atom stereocenters. The van der Waals surface area contributed by atoms with Gasteiger partial charge in [-0.15, -0.1) is 0 Å². The van der Waals surface area contributed by atoms with E-state index in [1.165, 1.54) is 21.1 Å². The Balaban J connectivity index is 2.18. The third-order valence-electron chi connectivity index (χ3n) is 5.46. The van der Waals surface area contributed by atoms with Gasteiger partial charge >= 0.3 is 0 Å². The lowest BCUT2D eigenvalue weighted by Crippen LogP contribution is -2.61. The first-order valence-corrected chi connectivity index (χ1v) is 9.15. The van der Waals surface area contributed by atoms with Crippen LogP contribution in [0.4, 0.5) is 0 Å². The Morgan fingerprint density at radius 3 is 2.04 bits per heavy atom. The number of methoxy groups -OCH3 is 2. The van der Waals surface area contributed by atoms with Crippen LogP contribution in [0, 0.1) is 11.8 Å². The molecular weight excluding hydrogens is 344 g/mol. The molecule has 26 heavy (non-hydrogen) atoms. The fourth-order valence-corrected chi connectivity index (χ4v) is 3.71. The molecule has 0 radical (unpaired) electrons. The van der Waals surface area contributed by atoms with E-state index in [9.17, 15) is 15.0 Å². The summed E-state index contributed by atoms with van der Waals surface area (Å²) in [4.78, 5) is 11.9. The topological polar surface area (TPSA) is 104 Å². The molecule has 2 saturated heterocycles. The molecule has 2 fully saturated rings. The summed E-state index contributed by atoms with van der Waals surface area (Å²) in [5.41, 5.74) is 0. The van der Waals surface area contributed by atoms with Gasteiger partial charge in [-0.25, -0.2) is 0 Å². The second kappa shape index (κ2) is 9.05. The van der Waals surface area contributed by atoms with Crippen LogP contribution in [0.5, 0.6) is 0 Å². The minimum atomic E-state index is -0.932. The number of aliphatic hydroxyl groups is 2. The molecule has 0 bridgehead atoms. The predicted molar refractivity (Wildman–Crippen MR) is 91.3 cm³/mol. The van der Waals surface area contributed by atoms with Crippen molar-refractivity contribution in [2.45, 2.75) is 83.3 Å². The fourth-order valence-electron chi connectivity index (χ4n) is 3.71. The van der Waals surface area contributed by atoms with E-state index in [1.54, 1.807) is 6.92 Å². The minimum absolute atomic E-state index is 0.253. The van der Waals surface area contributed by atoms with Crippen molar-refractivity contribution in [3.8, 4) is 0 Å². The number of hydrogen-bond donors (Lipinski definition) is 2. The Morgan fingerprint density at radius 2 is 1.54 bits per heavy atom. The molecule has 152 valence electrons. The zero-order valence-electron chi connectivity index (χ0n) is 16.3. The van der Waals surface area contributed by atoms with Gasteiger partial charge in [-0.2, -0.15) is 0 Å². The summed E-state index contributed by atoms with van der Waals surface area (Å²) in [6.45, 7) is 6.89. The lowest BCUT2D eigenvalue weighted by Gasteiger charge is -2.47. The highest BCUT2D eigenvalue weighted by molar-refractivity contribution is 5.81. The summed E-state index contributed by atoms with van der Waals surface area (Å²) < 4.78 is 28.3. The van der Waals surface area contributed by atoms with Gasteiger partial charge in [0.05, 0.1) is 18.3 Å².